The SMILES string of the molecule is C=CCOc1ccc(NCCCN)cc1. The zero-order chi connectivity index (χ0) is 10.9. The summed E-state index contributed by atoms with van der Waals surface area (Å²) in [7, 11) is 0. The first-order chi connectivity index (χ1) is 7.36. The monoisotopic (exact) mass is 206 g/mol. The van der Waals surface area contributed by atoms with Crippen LogP contribution in [0.5, 0.6) is 5.75 Å². The van der Waals surface area contributed by atoms with E-state index in [2.05, 4.69) is 11.9 Å². The summed E-state index contributed by atoms with van der Waals surface area (Å²) >= 11 is 0. The van der Waals surface area contributed by atoms with Crippen molar-refractivity contribution < 1.29 is 4.74 Å². The fourth-order valence-corrected chi connectivity index (χ4v) is 1.16. The molecular formula is C12H18N2O. The Balaban J connectivity index is 2.38. The molecule has 0 radical (unpaired) electrons. The lowest BCUT2D eigenvalue weighted by Crippen LogP contribution is -2.08. The molecule has 3 heteroatoms. The van der Waals surface area contributed by atoms with E-state index in [4.69, 9.17) is 10.5 Å². The molecule has 0 heterocycles. The lowest BCUT2D eigenvalue weighted by Gasteiger charge is -2.07. The van der Waals surface area contributed by atoms with E-state index in [9.17, 15) is 0 Å². The Kier molecular flexibility index (Phi) is 5.33. The second kappa shape index (κ2) is 6.90. The molecule has 0 aliphatic heterocycles. The van der Waals surface area contributed by atoms with Gasteiger partial charge in [0.05, 0.1) is 0 Å². The van der Waals surface area contributed by atoms with Crippen LogP contribution in [-0.2, 0) is 0 Å². The average Bonchev–Trinajstić information content (AvgIpc) is 2.28. The minimum absolute atomic E-state index is 0.542. The summed E-state index contributed by atoms with van der Waals surface area (Å²) in [5.41, 5.74) is 6.49. The molecule has 1 aromatic carbocycles. The second-order valence-electron chi connectivity index (χ2n) is 3.19. The van der Waals surface area contributed by atoms with Gasteiger partial charge in [0, 0.05) is 12.2 Å². The quantitative estimate of drug-likeness (QED) is 0.530. The molecule has 0 bridgehead atoms. The van der Waals surface area contributed by atoms with Crippen molar-refractivity contribution in [3.8, 4) is 5.75 Å². The number of rotatable bonds is 7. The van der Waals surface area contributed by atoms with Crippen molar-refractivity contribution in [1.29, 1.82) is 0 Å². The maximum Gasteiger partial charge on any atom is 0.119 e. The number of ether oxygens (including phenoxy) is 1. The van der Waals surface area contributed by atoms with Crippen LogP contribution in [0, 0.1) is 0 Å². The van der Waals surface area contributed by atoms with Gasteiger partial charge in [-0.1, -0.05) is 12.7 Å². The predicted molar refractivity (Wildman–Crippen MR) is 64.3 cm³/mol. The van der Waals surface area contributed by atoms with Gasteiger partial charge in [-0.05, 0) is 37.2 Å². The van der Waals surface area contributed by atoms with Crippen LogP contribution in [-0.4, -0.2) is 19.7 Å². The summed E-state index contributed by atoms with van der Waals surface area (Å²) in [6.07, 6.45) is 2.71. The van der Waals surface area contributed by atoms with E-state index in [0.717, 1.165) is 24.4 Å². The smallest absolute Gasteiger partial charge is 0.119 e. The Morgan fingerprint density at radius 1 is 1.33 bits per heavy atom. The van der Waals surface area contributed by atoms with Crippen LogP contribution in [0.15, 0.2) is 36.9 Å². The molecule has 1 rings (SSSR count). The van der Waals surface area contributed by atoms with E-state index < -0.39 is 0 Å². The van der Waals surface area contributed by atoms with Crippen molar-refractivity contribution in [3.05, 3.63) is 36.9 Å². The summed E-state index contributed by atoms with van der Waals surface area (Å²) in [6.45, 7) is 5.76. The number of hydrogen-bond donors (Lipinski definition) is 2. The Hall–Kier alpha value is -1.48. The summed E-state index contributed by atoms with van der Waals surface area (Å²) in [5, 5.41) is 3.27. The Morgan fingerprint density at radius 3 is 2.67 bits per heavy atom. The zero-order valence-electron chi connectivity index (χ0n) is 8.91. The molecule has 0 aliphatic rings. The van der Waals surface area contributed by atoms with Gasteiger partial charge in [-0.15, -0.1) is 0 Å². The molecule has 0 saturated heterocycles. The van der Waals surface area contributed by atoms with Crippen molar-refractivity contribution >= 4 is 5.69 Å². The molecule has 0 aliphatic carbocycles. The van der Waals surface area contributed by atoms with E-state index in [-0.39, 0.29) is 0 Å². The summed E-state index contributed by atoms with van der Waals surface area (Å²) in [5.74, 6) is 0.860. The number of anilines is 1. The first kappa shape index (κ1) is 11.6. The fraction of sp³-hybridized carbons (Fsp3) is 0.333. The minimum atomic E-state index is 0.542. The third-order valence-electron chi connectivity index (χ3n) is 1.93. The second-order valence-corrected chi connectivity index (χ2v) is 3.19. The zero-order valence-corrected chi connectivity index (χ0v) is 8.91. The van der Waals surface area contributed by atoms with Crippen LogP contribution in [0.4, 0.5) is 5.69 Å². The molecule has 3 nitrogen and oxygen atoms in total. The third kappa shape index (κ3) is 4.51. The van der Waals surface area contributed by atoms with Gasteiger partial charge in [0.25, 0.3) is 0 Å². The van der Waals surface area contributed by atoms with Gasteiger partial charge in [0.15, 0.2) is 0 Å². The molecule has 3 N–H and O–H groups in total. The molecule has 0 saturated carbocycles. The highest BCUT2D eigenvalue weighted by Gasteiger charge is 1.93. The van der Waals surface area contributed by atoms with E-state index in [0.29, 0.717) is 13.2 Å². The van der Waals surface area contributed by atoms with Gasteiger partial charge < -0.3 is 15.8 Å². The normalized spacial score (nSPS) is 9.67. The topological polar surface area (TPSA) is 47.3 Å². The highest BCUT2D eigenvalue weighted by atomic mass is 16.5. The van der Waals surface area contributed by atoms with E-state index in [1.165, 1.54) is 0 Å². The molecule has 15 heavy (non-hydrogen) atoms. The Bertz CT molecular complexity index is 282. The van der Waals surface area contributed by atoms with Crippen molar-refractivity contribution in [2.24, 2.45) is 5.73 Å². The van der Waals surface area contributed by atoms with E-state index in [1.54, 1.807) is 6.08 Å². The molecule has 0 fully saturated rings. The van der Waals surface area contributed by atoms with Crippen molar-refractivity contribution in [3.63, 3.8) is 0 Å². The standard InChI is InChI=1S/C12H18N2O/c1-2-10-15-12-6-4-11(5-7-12)14-9-3-8-13/h2,4-7,14H,1,3,8-10,13H2. The molecule has 0 atom stereocenters. The number of nitrogens with two attached hydrogens (primary N) is 1. The third-order valence-corrected chi connectivity index (χ3v) is 1.93. The molecule has 0 aromatic heterocycles. The molecule has 82 valence electrons. The average molecular weight is 206 g/mol. The van der Waals surface area contributed by atoms with E-state index in [1.807, 2.05) is 24.3 Å². The first-order valence-corrected chi connectivity index (χ1v) is 5.14. The number of nitrogens with one attached hydrogen (secondary N) is 1. The Morgan fingerprint density at radius 2 is 2.07 bits per heavy atom. The van der Waals surface area contributed by atoms with Gasteiger partial charge in [0.1, 0.15) is 12.4 Å². The van der Waals surface area contributed by atoms with Crippen LogP contribution >= 0.6 is 0 Å². The highest BCUT2D eigenvalue weighted by molar-refractivity contribution is 5.46. The minimum Gasteiger partial charge on any atom is -0.490 e. The summed E-state index contributed by atoms with van der Waals surface area (Å²) < 4.78 is 5.37. The van der Waals surface area contributed by atoms with Crippen molar-refractivity contribution in [2.75, 3.05) is 25.0 Å². The summed E-state index contributed by atoms with van der Waals surface area (Å²) in [4.78, 5) is 0. The molecule has 0 amide bonds. The predicted octanol–water partition coefficient (Wildman–Crippen LogP) is 2.01. The fourth-order valence-electron chi connectivity index (χ4n) is 1.16. The summed E-state index contributed by atoms with van der Waals surface area (Å²) in [6, 6.07) is 7.87. The van der Waals surface area contributed by atoms with Gasteiger partial charge in [-0.2, -0.15) is 0 Å². The van der Waals surface area contributed by atoms with E-state index >= 15 is 0 Å². The van der Waals surface area contributed by atoms with Crippen LogP contribution in [0.2, 0.25) is 0 Å². The van der Waals surface area contributed by atoms with Gasteiger partial charge >= 0.3 is 0 Å². The van der Waals surface area contributed by atoms with Gasteiger partial charge in [-0.25, -0.2) is 0 Å². The lowest BCUT2D eigenvalue weighted by atomic mass is 10.3. The van der Waals surface area contributed by atoms with Crippen LogP contribution in [0.3, 0.4) is 0 Å². The first-order valence-electron chi connectivity index (χ1n) is 5.14. The molecular weight excluding hydrogens is 188 g/mol. The van der Waals surface area contributed by atoms with Crippen LogP contribution < -0.4 is 15.8 Å². The number of benzene rings is 1. The maximum absolute atomic E-state index is 5.40. The largest absolute Gasteiger partial charge is 0.490 e. The number of hydrogen-bond acceptors (Lipinski definition) is 3. The Labute approximate surface area is 90.9 Å². The van der Waals surface area contributed by atoms with Crippen molar-refractivity contribution in [1.82, 2.24) is 0 Å². The highest BCUT2D eigenvalue weighted by Crippen LogP contribution is 2.15. The van der Waals surface area contributed by atoms with Crippen molar-refractivity contribution in [2.45, 2.75) is 6.42 Å². The van der Waals surface area contributed by atoms with Crippen LogP contribution in [0.1, 0.15) is 6.42 Å². The van der Waals surface area contributed by atoms with Gasteiger partial charge in [-0.3, -0.25) is 0 Å². The lowest BCUT2D eigenvalue weighted by molar-refractivity contribution is 0.363. The molecule has 0 spiro atoms. The maximum atomic E-state index is 5.40. The molecule has 0 unspecified atom stereocenters. The molecule has 1 aromatic rings. The van der Waals surface area contributed by atoms with Gasteiger partial charge in [0.2, 0.25) is 0 Å². The van der Waals surface area contributed by atoms with Crippen LogP contribution in [0.25, 0.3) is 0 Å².